The van der Waals surface area contributed by atoms with Crippen molar-refractivity contribution in [3.63, 3.8) is 0 Å². The molecule has 5 heteroatoms. The van der Waals surface area contributed by atoms with E-state index in [2.05, 4.69) is 39.1 Å². The molecular weight excluding hydrogens is 326 g/mol. The summed E-state index contributed by atoms with van der Waals surface area (Å²) in [6.07, 6.45) is 5.81. The summed E-state index contributed by atoms with van der Waals surface area (Å²) < 4.78 is 2.13. The molecule has 0 atom stereocenters. The smallest absolute Gasteiger partial charge is 0.173 e. The molecule has 1 N–H and O–H groups in total. The van der Waals surface area contributed by atoms with Gasteiger partial charge in [0.05, 0.1) is 11.4 Å². The number of thiocarbonyl (C=S) groups is 1. The van der Waals surface area contributed by atoms with Gasteiger partial charge in [0.15, 0.2) is 18.9 Å². The molecule has 0 fully saturated rings. The van der Waals surface area contributed by atoms with Gasteiger partial charge in [-0.1, -0.05) is 48.6 Å². The standard InChI is InChI=1S/C18H15N3S.ClH/c22-18(17-8-4-5-11-19-17)20-16-9-12-21(13-10-16)14-15-6-2-1-3-7-15;/h1-13H,14H2;1H. The van der Waals surface area contributed by atoms with Crippen molar-refractivity contribution in [2.24, 2.45) is 0 Å². The Morgan fingerprint density at radius 2 is 1.65 bits per heavy atom. The Hall–Kier alpha value is -2.30. The molecule has 0 aliphatic heterocycles. The van der Waals surface area contributed by atoms with Crippen molar-refractivity contribution in [1.82, 2.24) is 4.98 Å². The van der Waals surface area contributed by atoms with Crippen LogP contribution in [-0.2, 0) is 6.54 Å². The minimum absolute atomic E-state index is 0. The van der Waals surface area contributed by atoms with E-state index in [1.807, 2.05) is 48.8 Å². The maximum Gasteiger partial charge on any atom is 0.173 e. The Labute approximate surface area is 147 Å². The summed E-state index contributed by atoms with van der Waals surface area (Å²) in [6, 6.07) is 20.1. The molecule has 2 heterocycles. The van der Waals surface area contributed by atoms with Crippen LogP contribution in [0.25, 0.3) is 0 Å². The molecule has 116 valence electrons. The highest BCUT2D eigenvalue weighted by atomic mass is 35.5. The largest absolute Gasteiger partial charge is 1.00 e. The number of rotatable bonds is 4. The second-order valence-corrected chi connectivity index (χ2v) is 5.32. The van der Waals surface area contributed by atoms with E-state index in [4.69, 9.17) is 12.2 Å². The van der Waals surface area contributed by atoms with Crippen LogP contribution in [0.5, 0.6) is 0 Å². The molecular formula is C18H16ClN3S. The van der Waals surface area contributed by atoms with Crippen molar-refractivity contribution in [2.45, 2.75) is 6.54 Å². The van der Waals surface area contributed by atoms with Crippen molar-refractivity contribution in [3.8, 4) is 0 Å². The average Bonchev–Trinajstić information content (AvgIpc) is 2.58. The van der Waals surface area contributed by atoms with Gasteiger partial charge in [-0.2, -0.15) is 0 Å². The number of anilines is 1. The predicted molar refractivity (Wildman–Crippen MR) is 91.7 cm³/mol. The Bertz CT molecular complexity index is 746. The first-order valence-corrected chi connectivity index (χ1v) is 7.47. The number of pyridine rings is 2. The number of hydrogen-bond acceptors (Lipinski definition) is 2. The van der Waals surface area contributed by atoms with Crippen molar-refractivity contribution in [3.05, 3.63) is 90.5 Å². The van der Waals surface area contributed by atoms with E-state index >= 15 is 0 Å². The summed E-state index contributed by atoms with van der Waals surface area (Å²) in [5, 5.41) is 3.20. The van der Waals surface area contributed by atoms with E-state index in [9.17, 15) is 0 Å². The first kappa shape index (κ1) is 17.1. The predicted octanol–water partition coefficient (Wildman–Crippen LogP) is 0.209. The zero-order valence-corrected chi connectivity index (χ0v) is 14.0. The lowest BCUT2D eigenvalue weighted by Gasteiger charge is -2.06. The van der Waals surface area contributed by atoms with Crippen LogP contribution in [0.4, 0.5) is 5.69 Å². The maximum atomic E-state index is 5.36. The number of benzene rings is 1. The molecule has 0 bridgehead atoms. The number of nitrogens with zero attached hydrogens (tertiary/aromatic N) is 2. The topological polar surface area (TPSA) is 28.8 Å². The first-order valence-electron chi connectivity index (χ1n) is 7.07. The van der Waals surface area contributed by atoms with Gasteiger partial charge in [0.2, 0.25) is 0 Å². The van der Waals surface area contributed by atoms with E-state index in [1.165, 1.54) is 5.56 Å². The van der Waals surface area contributed by atoms with E-state index in [-0.39, 0.29) is 12.4 Å². The van der Waals surface area contributed by atoms with Crippen LogP contribution in [0.3, 0.4) is 0 Å². The van der Waals surface area contributed by atoms with Gasteiger partial charge < -0.3 is 17.7 Å². The molecule has 0 aliphatic rings. The van der Waals surface area contributed by atoms with Gasteiger partial charge >= 0.3 is 0 Å². The summed E-state index contributed by atoms with van der Waals surface area (Å²) in [5.74, 6) is 0. The van der Waals surface area contributed by atoms with E-state index < -0.39 is 0 Å². The highest BCUT2D eigenvalue weighted by molar-refractivity contribution is 7.81. The quantitative estimate of drug-likeness (QED) is 0.543. The molecule has 0 radical (unpaired) electrons. The Balaban J connectivity index is 0.00000192. The fourth-order valence-electron chi connectivity index (χ4n) is 2.13. The fourth-order valence-corrected chi connectivity index (χ4v) is 2.37. The van der Waals surface area contributed by atoms with Crippen LogP contribution in [0.1, 0.15) is 11.3 Å². The Kier molecular flexibility index (Phi) is 6.20. The third-order valence-corrected chi connectivity index (χ3v) is 3.57. The van der Waals surface area contributed by atoms with E-state index in [0.717, 1.165) is 17.9 Å². The van der Waals surface area contributed by atoms with Crippen molar-refractivity contribution in [2.75, 3.05) is 5.32 Å². The molecule has 0 saturated heterocycles. The molecule has 1 aromatic carbocycles. The van der Waals surface area contributed by atoms with Crippen LogP contribution in [0.2, 0.25) is 0 Å². The lowest BCUT2D eigenvalue weighted by atomic mass is 10.2. The third kappa shape index (κ3) is 4.84. The number of aromatic nitrogens is 2. The monoisotopic (exact) mass is 341 g/mol. The summed E-state index contributed by atoms with van der Waals surface area (Å²) in [4.78, 5) is 4.87. The first-order chi connectivity index (χ1) is 10.8. The molecule has 0 spiro atoms. The lowest BCUT2D eigenvalue weighted by Crippen LogP contribution is -3.00. The molecule has 3 aromatic rings. The number of nitrogens with one attached hydrogen (secondary N) is 1. The minimum atomic E-state index is 0. The van der Waals surface area contributed by atoms with Crippen LogP contribution in [-0.4, -0.2) is 9.97 Å². The molecule has 23 heavy (non-hydrogen) atoms. The fraction of sp³-hybridized carbons (Fsp3) is 0.0556. The van der Waals surface area contributed by atoms with Crippen molar-refractivity contribution < 1.29 is 17.0 Å². The van der Waals surface area contributed by atoms with Gasteiger partial charge in [0.25, 0.3) is 0 Å². The maximum absolute atomic E-state index is 5.36. The average molecular weight is 342 g/mol. The van der Waals surface area contributed by atoms with E-state index in [1.54, 1.807) is 6.20 Å². The van der Waals surface area contributed by atoms with Crippen LogP contribution in [0, 0.1) is 0 Å². The summed E-state index contributed by atoms with van der Waals surface area (Å²) in [7, 11) is 0. The van der Waals surface area contributed by atoms with Gasteiger partial charge in [-0.15, -0.1) is 0 Å². The summed E-state index contributed by atoms with van der Waals surface area (Å²) >= 11 is 5.36. The second-order valence-electron chi connectivity index (χ2n) is 4.91. The van der Waals surface area contributed by atoms with Gasteiger partial charge in [0.1, 0.15) is 4.99 Å². The Morgan fingerprint density at radius 1 is 0.957 bits per heavy atom. The zero-order chi connectivity index (χ0) is 15.2. The number of halogens is 1. The molecule has 0 aliphatic carbocycles. The van der Waals surface area contributed by atoms with Gasteiger partial charge in [0, 0.05) is 23.9 Å². The van der Waals surface area contributed by atoms with Gasteiger partial charge in [-0.3, -0.25) is 4.98 Å². The molecule has 0 unspecified atom stereocenters. The highest BCUT2D eigenvalue weighted by Crippen LogP contribution is 2.07. The van der Waals surface area contributed by atoms with Crippen molar-refractivity contribution in [1.29, 1.82) is 0 Å². The molecule has 3 nitrogen and oxygen atoms in total. The van der Waals surface area contributed by atoms with E-state index in [0.29, 0.717) is 4.99 Å². The van der Waals surface area contributed by atoms with Crippen molar-refractivity contribution >= 4 is 22.9 Å². The second kappa shape index (κ2) is 8.36. The molecule has 3 rings (SSSR count). The normalized spacial score (nSPS) is 9.74. The molecule has 0 amide bonds. The third-order valence-electron chi connectivity index (χ3n) is 3.25. The SMILES string of the molecule is S=C(Nc1cc[n+](Cc2ccccc2)cc1)c1ccccn1.[Cl-]. The summed E-state index contributed by atoms with van der Waals surface area (Å²) in [5.41, 5.74) is 3.01. The Morgan fingerprint density at radius 3 is 2.30 bits per heavy atom. The minimum Gasteiger partial charge on any atom is -1.00 e. The number of hydrogen-bond donors (Lipinski definition) is 1. The lowest BCUT2D eigenvalue weighted by molar-refractivity contribution is -0.688. The molecule has 0 saturated carbocycles. The highest BCUT2D eigenvalue weighted by Gasteiger charge is 2.05. The van der Waals surface area contributed by atoms with Crippen LogP contribution in [0.15, 0.2) is 79.3 Å². The summed E-state index contributed by atoms with van der Waals surface area (Å²) in [6.45, 7) is 0.853. The molecule has 2 aromatic heterocycles. The van der Waals surface area contributed by atoms with Crippen LogP contribution < -0.4 is 22.3 Å². The zero-order valence-electron chi connectivity index (χ0n) is 12.4. The van der Waals surface area contributed by atoms with Gasteiger partial charge in [-0.25, -0.2) is 4.57 Å². The van der Waals surface area contributed by atoms with Crippen LogP contribution >= 0.6 is 12.2 Å². The van der Waals surface area contributed by atoms with Gasteiger partial charge in [-0.05, 0) is 12.1 Å².